The largest absolute Gasteiger partial charge is 0.481 e. The monoisotopic (exact) mass is 400 g/mol. The molecule has 0 fully saturated rings. The molecule has 3 rings (SSSR count). The quantitative estimate of drug-likeness (QED) is 0.704. The lowest BCUT2D eigenvalue weighted by atomic mass is 10.0. The molecule has 2 aromatic rings. The van der Waals surface area contributed by atoms with Gasteiger partial charge in [-0.15, -0.1) is 0 Å². The van der Waals surface area contributed by atoms with Crippen molar-refractivity contribution < 1.29 is 19.1 Å². The topological polar surface area (TPSA) is 118 Å². The van der Waals surface area contributed by atoms with Gasteiger partial charge in [-0.3, -0.25) is 19.1 Å². The van der Waals surface area contributed by atoms with Gasteiger partial charge >= 0.3 is 0 Å². The summed E-state index contributed by atoms with van der Waals surface area (Å²) in [5.41, 5.74) is 2.42. The molecule has 3 amide bonds. The molecule has 10 nitrogen and oxygen atoms in total. The van der Waals surface area contributed by atoms with Crippen molar-refractivity contribution in [1.29, 1.82) is 0 Å². The van der Waals surface area contributed by atoms with E-state index in [1.807, 2.05) is 0 Å². The van der Waals surface area contributed by atoms with Crippen LogP contribution in [0.2, 0.25) is 0 Å². The van der Waals surface area contributed by atoms with Crippen LogP contribution in [0.1, 0.15) is 39.0 Å². The molecule has 0 atom stereocenters. The normalized spacial score (nSPS) is 12.9. The first-order chi connectivity index (χ1) is 13.9. The smallest absolute Gasteiger partial charge is 0.271 e. The number of fused-ring (bicyclic) bond motifs is 1. The highest BCUT2D eigenvalue weighted by atomic mass is 16.5. The van der Waals surface area contributed by atoms with Gasteiger partial charge in [-0.1, -0.05) is 0 Å². The predicted molar refractivity (Wildman–Crippen MR) is 104 cm³/mol. The van der Waals surface area contributed by atoms with Gasteiger partial charge in [0, 0.05) is 63.5 Å². The third-order valence-electron chi connectivity index (χ3n) is 4.84. The zero-order valence-electron chi connectivity index (χ0n) is 16.7. The first-order valence-corrected chi connectivity index (χ1v) is 9.29. The number of hydrogen-bond acceptors (Lipinski definition) is 6. The minimum Gasteiger partial charge on any atom is -0.481 e. The summed E-state index contributed by atoms with van der Waals surface area (Å²) in [7, 11) is 3.05. The van der Waals surface area contributed by atoms with Gasteiger partial charge in [-0.2, -0.15) is 5.10 Å². The van der Waals surface area contributed by atoms with Crippen molar-refractivity contribution in [2.75, 3.05) is 27.2 Å². The molecule has 0 saturated heterocycles. The molecular formula is C19H24N6O4. The van der Waals surface area contributed by atoms with Crippen LogP contribution >= 0.6 is 0 Å². The van der Waals surface area contributed by atoms with Crippen molar-refractivity contribution in [3.63, 3.8) is 0 Å². The van der Waals surface area contributed by atoms with Crippen molar-refractivity contribution in [3.8, 4) is 5.88 Å². The highest BCUT2D eigenvalue weighted by Crippen LogP contribution is 2.23. The molecule has 0 radical (unpaired) electrons. The Morgan fingerprint density at radius 1 is 1.24 bits per heavy atom. The summed E-state index contributed by atoms with van der Waals surface area (Å²) in [5.74, 6) is -0.146. The van der Waals surface area contributed by atoms with Gasteiger partial charge in [-0.25, -0.2) is 4.98 Å². The van der Waals surface area contributed by atoms with Crippen LogP contribution in [0.5, 0.6) is 5.88 Å². The Morgan fingerprint density at radius 3 is 2.66 bits per heavy atom. The Bertz CT molecular complexity index is 922. The van der Waals surface area contributed by atoms with Crippen LogP contribution in [0.15, 0.2) is 18.3 Å². The van der Waals surface area contributed by atoms with Crippen LogP contribution < -0.4 is 15.4 Å². The number of methoxy groups -OCH3 is 1. The Hall–Kier alpha value is -3.43. The molecule has 0 unspecified atom stereocenters. The molecule has 10 heteroatoms. The molecular weight excluding hydrogens is 376 g/mol. The van der Waals surface area contributed by atoms with Gasteiger partial charge in [0.1, 0.15) is 0 Å². The number of ether oxygens (including phenoxy) is 1. The molecule has 154 valence electrons. The third kappa shape index (κ3) is 4.36. The zero-order valence-corrected chi connectivity index (χ0v) is 16.7. The summed E-state index contributed by atoms with van der Waals surface area (Å²) >= 11 is 0. The van der Waals surface area contributed by atoms with E-state index in [1.165, 1.54) is 20.2 Å². The lowest BCUT2D eigenvalue weighted by Crippen LogP contribution is -2.36. The van der Waals surface area contributed by atoms with E-state index >= 15 is 0 Å². The van der Waals surface area contributed by atoms with Crippen molar-refractivity contribution >= 4 is 17.7 Å². The van der Waals surface area contributed by atoms with Gasteiger partial charge in [0.05, 0.1) is 19.2 Å². The summed E-state index contributed by atoms with van der Waals surface area (Å²) in [6.07, 6.45) is 2.05. The summed E-state index contributed by atoms with van der Waals surface area (Å²) in [4.78, 5) is 41.9. The average Bonchev–Trinajstić information content (AvgIpc) is 3.11. The van der Waals surface area contributed by atoms with Crippen LogP contribution in [0.4, 0.5) is 0 Å². The number of pyridine rings is 1. The fraction of sp³-hybridized carbons (Fsp3) is 0.421. The van der Waals surface area contributed by atoms with Crippen LogP contribution in [0.3, 0.4) is 0 Å². The van der Waals surface area contributed by atoms with Gasteiger partial charge in [-0.05, 0) is 6.07 Å². The van der Waals surface area contributed by atoms with E-state index in [9.17, 15) is 14.4 Å². The SMILES string of the molecule is CNC(=O)c1nn(CCNC(=O)c2ccc(OC)nc2)c2c1CN(C(C)=O)CC2. The number of nitrogens with one attached hydrogen (secondary N) is 2. The van der Waals surface area contributed by atoms with Crippen molar-refractivity contribution in [1.82, 2.24) is 30.3 Å². The third-order valence-corrected chi connectivity index (χ3v) is 4.84. The Balaban J connectivity index is 1.70. The van der Waals surface area contributed by atoms with E-state index in [1.54, 1.807) is 28.8 Å². The minimum atomic E-state index is -0.293. The second kappa shape index (κ2) is 8.72. The van der Waals surface area contributed by atoms with E-state index in [0.717, 1.165) is 11.3 Å². The number of carbonyl (C=O) groups excluding carboxylic acids is 3. The highest BCUT2D eigenvalue weighted by Gasteiger charge is 2.28. The van der Waals surface area contributed by atoms with Crippen LogP contribution in [-0.4, -0.2) is 64.6 Å². The lowest BCUT2D eigenvalue weighted by molar-refractivity contribution is -0.129. The fourth-order valence-electron chi connectivity index (χ4n) is 3.26. The number of hydrogen-bond donors (Lipinski definition) is 2. The molecule has 1 aliphatic rings. The van der Waals surface area contributed by atoms with Crippen molar-refractivity contribution in [3.05, 3.63) is 40.8 Å². The van der Waals surface area contributed by atoms with Crippen molar-refractivity contribution in [2.45, 2.75) is 26.4 Å². The van der Waals surface area contributed by atoms with Gasteiger partial charge in [0.25, 0.3) is 11.8 Å². The molecule has 0 saturated carbocycles. The van der Waals surface area contributed by atoms with E-state index in [2.05, 4.69) is 20.7 Å². The molecule has 29 heavy (non-hydrogen) atoms. The standard InChI is InChI=1S/C19H24N6O4/c1-12(26)24-8-6-15-14(11-24)17(19(28)20-2)23-25(15)9-7-21-18(27)13-4-5-16(29-3)22-10-13/h4-5,10H,6-9,11H2,1-3H3,(H,20,28)(H,21,27). The maximum Gasteiger partial charge on any atom is 0.271 e. The molecule has 3 heterocycles. The summed E-state index contributed by atoms with van der Waals surface area (Å²) in [6.45, 7) is 3.19. The summed E-state index contributed by atoms with van der Waals surface area (Å²) in [5, 5.41) is 9.85. The molecule has 0 bridgehead atoms. The highest BCUT2D eigenvalue weighted by molar-refractivity contribution is 5.94. The fourth-order valence-corrected chi connectivity index (χ4v) is 3.26. The zero-order chi connectivity index (χ0) is 21.0. The maximum atomic E-state index is 12.3. The van der Waals surface area contributed by atoms with Gasteiger partial charge in [0.2, 0.25) is 11.8 Å². The Labute approximate surface area is 168 Å². The van der Waals surface area contributed by atoms with Crippen LogP contribution in [0, 0.1) is 0 Å². The number of aromatic nitrogens is 3. The van der Waals surface area contributed by atoms with Gasteiger partial charge in [0.15, 0.2) is 5.69 Å². The van der Waals surface area contributed by atoms with E-state index < -0.39 is 0 Å². The summed E-state index contributed by atoms with van der Waals surface area (Å²) in [6, 6.07) is 3.26. The molecule has 0 aliphatic carbocycles. The molecule has 0 spiro atoms. The summed E-state index contributed by atoms with van der Waals surface area (Å²) < 4.78 is 6.72. The van der Waals surface area contributed by atoms with E-state index in [4.69, 9.17) is 4.74 Å². The Morgan fingerprint density at radius 2 is 2.03 bits per heavy atom. The predicted octanol–water partition coefficient (Wildman–Crippen LogP) is -0.0191. The number of carbonyl (C=O) groups is 3. The number of nitrogens with zero attached hydrogens (tertiary/aromatic N) is 4. The van der Waals surface area contributed by atoms with E-state index in [0.29, 0.717) is 49.7 Å². The molecule has 2 N–H and O–H groups in total. The molecule has 0 aromatic carbocycles. The number of amides is 3. The first kappa shape index (κ1) is 20.3. The van der Waals surface area contributed by atoms with Gasteiger partial charge < -0.3 is 20.3 Å². The van der Waals surface area contributed by atoms with E-state index in [-0.39, 0.29) is 17.7 Å². The molecule has 1 aliphatic heterocycles. The van der Waals surface area contributed by atoms with Crippen LogP contribution in [0.25, 0.3) is 0 Å². The second-order valence-corrected chi connectivity index (χ2v) is 6.61. The first-order valence-electron chi connectivity index (χ1n) is 9.29. The van der Waals surface area contributed by atoms with Crippen LogP contribution in [-0.2, 0) is 24.3 Å². The van der Waals surface area contributed by atoms with Crippen molar-refractivity contribution in [2.24, 2.45) is 0 Å². The Kier molecular flexibility index (Phi) is 6.10. The second-order valence-electron chi connectivity index (χ2n) is 6.61. The lowest BCUT2D eigenvalue weighted by Gasteiger charge is -2.26. The maximum absolute atomic E-state index is 12.3. The molecule has 2 aromatic heterocycles. The minimum absolute atomic E-state index is 0.0355. The average molecular weight is 400 g/mol. The number of rotatable bonds is 6.